The number of fused-ring (bicyclic) bond motifs is 1. The van der Waals surface area contributed by atoms with E-state index in [0.717, 1.165) is 24.1 Å². The third kappa shape index (κ3) is 3.52. The van der Waals surface area contributed by atoms with E-state index in [0.29, 0.717) is 25.9 Å². The van der Waals surface area contributed by atoms with Gasteiger partial charge >= 0.3 is 6.09 Å². The first kappa shape index (κ1) is 15.5. The monoisotopic (exact) mass is 316 g/mol. The maximum atomic E-state index is 12.1. The summed E-state index contributed by atoms with van der Waals surface area (Å²) in [7, 11) is 0. The number of Topliss-reactive ketones (excluding diaryl/α,β-unsaturated/α-hetero) is 1. The lowest BCUT2D eigenvalue weighted by Crippen LogP contribution is -2.33. The molecule has 1 aromatic rings. The molecular weight excluding hydrogens is 296 g/mol. The van der Waals surface area contributed by atoms with E-state index in [-0.39, 0.29) is 17.8 Å². The second kappa shape index (κ2) is 6.40. The van der Waals surface area contributed by atoms with Gasteiger partial charge in [-0.05, 0) is 36.1 Å². The quantitative estimate of drug-likeness (QED) is 0.859. The van der Waals surface area contributed by atoms with Crippen LogP contribution in [0.25, 0.3) is 0 Å². The van der Waals surface area contributed by atoms with E-state index in [4.69, 9.17) is 4.74 Å². The Bertz CT molecular complexity index is 656. The van der Waals surface area contributed by atoms with Crippen LogP contribution in [-0.2, 0) is 27.2 Å². The maximum Gasteiger partial charge on any atom is 0.414 e. The number of hydrogen-bond acceptors (Lipinski definition) is 4. The van der Waals surface area contributed by atoms with Crippen molar-refractivity contribution in [2.24, 2.45) is 0 Å². The van der Waals surface area contributed by atoms with Crippen LogP contribution in [0, 0.1) is 0 Å². The molecule has 1 fully saturated rings. The summed E-state index contributed by atoms with van der Waals surface area (Å²) in [6.07, 6.45) is 2.06. The molecule has 1 atom stereocenters. The molecule has 1 unspecified atom stereocenters. The second-order valence-corrected chi connectivity index (χ2v) is 6.08. The Morgan fingerprint density at radius 1 is 1.30 bits per heavy atom. The molecule has 0 radical (unpaired) electrons. The van der Waals surface area contributed by atoms with Crippen molar-refractivity contribution in [3.8, 4) is 0 Å². The number of ketones is 1. The van der Waals surface area contributed by atoms with Crippen molar-refractivity contribution < 1.29 is 19.1 Å². The first-order valence-corrected chi connectivity index (χ1v) is 7.89. The predicted molar refractivity (Wildman–Crippen MR) is 84.4 cm³/mol. The highest BCUT2D eigenvalue weighted by molar-refractivity contribution is 5.90. The summed E-state index contributed by atoms with van der Waals surface area (Å²) < 4.78 is 5.27. The summed E-state index contributed by atoms with van der Waals surface area (Å²) in [5.41, 5.74) is 2.93. The molecule has 1 saturated heterocycles. The van der Waals surface area contributed by atoms with Gasteiger partial charge in [0.1, 0.15) is 11.9 Å². The number of nitrogens with zero attached hydrogens (tertiary/aromatic N) is 1. The molecule has 2 amide bonds. The first-order valence-electron chi connectivity index (χ1n) is 7.89. The number of nitrogens with one attached hydrogen (secondary N) is 1. The van der Waals surface area contributed by atoms with Crippen LogP contribution in [-0.4, -0.2) is 37.0 Å². The lowest BCUT2D eigenvalue weighted by molar-refractivity contribution is -0.119. The fourth-order valence-electron chi connectivity index (χ4n) is 3.06. The standard InChI is InChI=1S/C17H20N2O4/c1-11(20)18-9-16-10-19(17(22)23-16)14-6-5-12-3-2-4-15(21)8-13(12)7-14/h5-7,16H,2-4,8-10H2,1H3,(H,18,20). The highest BCUT2D eigenvalue weighted by Gasteiger charge is 2.32. The Morgan fingerprint density at radius 3 is 2.91 bits per heavy atom. The van der Waals surface area contributed by atoms with E-state index in [1.807, 2.05) is 18.2 Å². The Labute approximate surface area is 134 Å². The van der Waals surface area contributed by atoms with Crippen molar-refractivity contribution in [1.82, 2.24) is 5.32 Å². The van der Waals surface area contributed by atoms with Crippen LogP contribution in [0.15, 0.2) is 18.2 Å². The third-order valence-electron chi connectivity index (χ3n) is 4.24. The van der Waals surface area contributed by atoms with Crippen molar-refractivity contribution in [2.75, 3.05) is 18.0 Å². The van der Waals surface area contributed by atoms with E-state index in [9.17, 15) is 14.4 Å². The molecule has 0 spiro atoms. The fraction of sp³-hybridized carbons (Fsp3) is 0.471. The summed E-state index contributed by atoms with van der Waals surface area (Å²) >= 11 is 0. The van der Waals surface area contributed by atoms with Crippen LogP contribution < -0.4 is 10.2 Å². The molecule has 1 aliphatic heterocycles. The molecule has 2 aliphatic rings. The van der Waals surface area contributed by atoms with Crippen LogP contribution in [0.4, 0.5) is 10.5 Å². The maximum absolute atomic E-state index is 12.1. The van der Waals surface area contributed by atoms with Gasteiger partial charge in [-0.1, -0.05) is 6.07 Å². The van der Waals surface area contributed by atoms with Gasteiger partial charge in [0.05, 0.1) is 13.1 Å². The van der Waals surface area contributed by atoms with Crippen molar-refractivity contribution >= 4 is 23.5 Å². The zero-order valence-electron chi connectivity index (χ0n) is 13.1. The van der Waals surface area contributed by atoms with Gasteiger partial charge in [0.15, 0.2) is 0 Å². The number of anilines is 1. The third-order valence-corrected chi connectivity index (χ3v) is 4.24. The number of ether oxygens (including phenoxy) is 1. The Kier molecular flexibility index (Phi) is 4.32. The first-order chi connectivity index (χ1) is 11.0. The van der Waals surface area contributed by atoms with Crippen molar-refractivity contribution in [3.05, 3.63) is 29.3 Å². The van der Waals surface area contributed by atoms with Gasteiger partial charge in [0, 0.05) is 25.5 Å². The summed E-state index contributed by atoms with van der Waals surface area (Å²) in [5, 5.41) is 2.66. The van der Waals surface area contributed by atoms with Gasteiger partial charge in [0.2, 0.25) is 5.91 Å². The Balaban J connectivity index is 1.75. The van der Waals surface area contributed by atoms with Crippen LogP contribution in [0.5, 0.6) is 0 Å². The number of hydrogen-bond donors (Lipinski definition) is 1. The number of cyclic esters (lactones) is 1. The summed E-state index contributed by atoms with van der Waals surface area (Å²) in [5.74, 6) is 0.0940. The molecule has 1 N–H and O–H groups in total. The van der Waals surface area contributed by atoms with E-state index in [2.05, 4.69) is 5.32 Å². The lowest BCUT2D eigenvalue weighted by atomic mass is 10.0. The summed E-state index contributed by atoms with van der Waals surface area (Å²) in [4.78, 5) is 36.4. The number of benzene rings is 1. The van der Waals surface area contributed by atoms with Crippen LogP contribution >= 0.6 is 0 Å². The van der Waals surface area contributed by atoms with Gasteiger partial charge in [0.25, 0.3) is 0 Å². The lowest BCUT2D eigenvalue weighted by Gasteiger charge is -2.16. The topological polar surface area (TPSA) is 75.7 Å². The van der Waals surface area contributed by atoms with E-state index in [1.165, 1.54) is 12.5 Å². The zero-order valence-corrected chi connectivity index (χ0v) is 13.1. The zero-order chi connectivity index (χ0) is 16.4. The van der Waals surface area contributed by atoms with Gasteiger partial charge in [-0.2, -0.15) is 0 Å². The molecule has 122 valence electrons. The van der Waals surface area contributed by atoms with Gasteiger partial charge < -0.3 is 10.1 Å². The van der Waals surface area contributed by atoms with Crippen molar-refractivity contribution in [2.45, 2.75) is 38.7 Å². The number of rotatable bonds is 3. The minimum absolute atomic E-state index is 0.150. The molecule has 6 nitrogen and oxygen atoms in total. The smallest absolute Gasteiger partial charge is 0.414 e. The molecule has 0 bridgehead atoms. The van der Waals surface area contributed by atoms with E-state index >= 15 is 0 Å². The predicted octanol–water partition coefficient (Wildman–Crippen LogP) is 1.60. The average Bonchev–Trinajstić information content (AvgIpc) is 2.76. The fourth-order valence-corrected chi connectivity index (χ4v) is 3.06. The molecule has 6 heteroatoms. The van der Waals surface area contributed by atoms with E-state index in [1.54, 1.807) is 4.90 Å². The summed E-state index contributed by atoms with van der Waals surface area (Å²) in [6.45, 7) is 2.13. The van der Waals surface area contributed by atoms with Crippen LogP contribution in [0.2, 0.25) is 0 Å². The Hall–Kier alpha value is -2.37. The Morgan fingerprint density at radius 2 is 2.13 bits per heavy atom. The van der Waals surface area contributed by atoms with Gasteiger partial charge in [-0.25, -0.2) is 4.79 Å². The molecule has 1 aliphatic carbocycles. The van der Waals surface area contributed by atoms with Gasteiger partial charge in [-0.15, -0.1) is 0 Å². The van der Waals surface area contributed by atoms with Crippen molar-refractivity contribution in [3.63, 3.8) is 0 Å². The molecule has 3 rings (SSSR count). The highest BCUT2D eigenvalue weighted by Crippen LogP contribution is 2.27. The molecule has 1 aromatic carbocycles. The molecule has 23 heavy (non-hydrogen) atoms. The largest absolute Gasteiger partial charge is 0.442 e. The molecule has 0 saturated carbocycles. The molecule has 1 heterocycles. The minimum atomic E-state index is -0.416. The normalized spacial score (nSPS) is 20.7. The minimum Gasteiger partial charge on any atom is -0.442 e. The second-order valence-electron chi connectivity index (χ2n) is 6.08. The van der Waals surface area contributed by atoms with E-state index < -0.39 is 6.09 Å². The van der Waals surface area contributed by atoms with Crippen LogP contribution in [0.3, 0.4) is 0 Å². The molecular formula is C17H20N2O4. The number of amides is 2. The molecule has 0 aromatic heterocycles. The number of carbonyl (C=O) groups is 3. The average molecular weight is 316 g/mol. The number of carbonyl (C=O) groups excluding carboxylic acids is 3. The number of aryl methyl sites for hydroxylation is 1. The van der Waals surface area contributed by atoms with Gasteiger partial charge in [-0.3, -0.25) is 14.5 Å². The SMILES string of the molecule is CC(=O)NCC1CN(c2ccc3c(c2)CC(=O)CCC3)C(=O)O1. The summed E-state index contributed by atoms with van der Waals surface area (Å²) in [6, 6.07) is 5.81. The highest BCUT2D eigenvalue weighted by atomic mass is 16.6. The van der Waals surface area contributed by atoms with Crippen molar-refractivity contribution in [1.29, 1.82) is 0 Å². The van der Waals surface area contributed by atoms with Crippen LogP contribution in [0.1, 0.15) is 30.9 Å².